The van der Waals surface area contributed by atoms with Gasteiger partial charge in [0.05, 0.1) is 7.11 Å². The van der Waals surface area contributed by atoms with Gasteiger partial charge in [-0.25, -0.2) is 4.79 Å². The molecule has 0 fully saturated rings. The maximum atomic E-state index is 10.6. The van der Waals surface area contributed by atoms with E-state index in [1.54, 1.807) is 6.07 Å². The number of hydrogen-bond donors (Lipinski definition) is 0. The molecule has 52 valence electrons. The molecule has 0 aromatic rings. The number of carbonyl (C=O) groups excluding carboxylic acids is 1. The van der Waals surface area contributed by atoms with Crippen LogP contribution in [0.1, 0.15) is 0 Å². The Kier molecular flexibility index (Phi) is 3.66. The van der Waals surface area contributed by atoms with Gasteiger partial charge in [0.2, 0.25) is 0 Å². The van der Waals surface area contributed by atoms with Crippen LogP contribution in [0.15, 0.2) is 24.3 Å². The molecular weight excluding hydrogens is 130 g/mol. The van der Waals surface area contributed by atoms with Crippen molar-refractivity contribution >= 4 is 5.97 Å². The van der Waals surface area contributed by atoms with Crippen LogP contribution in [-0.2, 0) is 9.53 Å². The van der Waals surface area contributed by atoms with E-state index in [2.05, 4.69) is 11.3 Å². The molecule has 3 heteroatoms. The molecule has 0 spiro atoms. The third-order valence-electron chi connectivity index (χ3n) is 0.810. The average Bonchev–Trinajstić information content (AvgIpc) is 1.99. The van der Waals surface area contributed by atoms with Crippen molar-refractivity contribution in [3.63, 3.8) is 0 Å². The summed E-state index contributed by atoms with van der Waals surface area (Å²) in [4.78, 5) is 10.6. The predicted molar refractivity (Wildman–Crippen MR) is 35.9 cm³/mol. The van der Waals surface area contributed by atoms with E-state index in [1.165, 1.54) is 19.3 Å². The summed E-state index contributed by atoms with van der Waals surface area (Å²) in [7, 11) is 1.22. The highest BCUT2D eigenvalue weighted by Crippen LogP contribution is 1.94. The van der Waals surface area contributed by atoms with Gasteiger partial charge in [-0.05, 0) is 6.08 Å². The molecule has 0 N–H and O–H groups in total. The lowest BCUT2D eigenvalue weighted by Gasteiger charge is -1.91. The highest BCUT2D eigenvalue weighted by Gasteiger charge is 2.05. The van der Waals surface area contributed by atoms with Crippen molar-refractivity contribution in [2.45, 2.75) is 0 Å². The highest BCUT2D eigenvalue weighted by atomic mass is 16.5. The molecule has 0 bridgehead atoms. The van der Waals surface area contributed by atoms with Crippen LogP contribution in [0.4, 0.5) is 0 Å². The van der Waals surface area contributed by atoms with E-state index < -0.39 is 5.97 Å². The Morgan fingerprint density at radius 3 is 2.70 bits per heavy atom. The van der Waals surface area contributed by atoms with E-state index in [9.17, 15) is 4.79 Å². The smallest absolute Gasteiger partial charge is 0.348 e. The quantitative estimate of drug-likeness (QED) is 0.245. The average molecular weight is 137 g/mol. The number of methoxy groups -OCH3 is 1. The lowest BCUT2D eigenvalue weighted by atomic mass is 10.3. The molecular formula is C7H7NO2. The van der Waals surface area contributed by atoms with Gasteiger partial charge < -0.3 is 4.74 Å². The molecule has 0 saturated heterocycles. The topological polar surface area (TPSA) is 50.1 Å². The number of allylic oxidation sites excluding steroid dienone is 2. The molecule has 0 amide bonds. The van der Waals surface area contributed by atoms with E-state index in [0.29, 0.717) is 0 Å². The molecule has 0 unspecified atom stereocenters. The predicted octanol–water partition coefficient (Wildman–Crippen LogP) is 0.795. The van der Waals surface area contributed by atoms with Gasteiger partial charge in [-0.15, -0.1) is 0 Å². The SMILES string of the molecule is C=CC=C(C#N)C(=O)OC. The fourth-order valence-corrected chi connectivity index (χ4v) is 0.379. The fourth-order valence-electron chi connectivity index (χ4n) is 0.379. The summed E-state index contributed by atoms with van der Waals surface area (Å²) in [6, 6.07) is 1.67. The molecule has 0 atom stereocenters. The maximum absolute atomic E-state index is 10.6. The molecule has 0 rings (SSSR count). The Morgan fingerprint density at radius 2 is 2.40 bits per heavy atom. The summed E-state index contributed by atoms with van der Waals surface area (Å²) in [5.74, 6) is -0.637. The van der Waals surface area contributed by atoms with Gasteiger partial charge in [-0.3, -0.25) is 0 Å². The van der Waals surface area contributed by atoms with E-state index in [4.69, 9.17) is 5.26 Å². The molecule has 0 heterocycles. The van der Waals surface area contributed by atoms with Gasteiger partial charge >= 0.3 is 5.97 Å². The van der Waals surface area contributed by atoms with Crippen molar-refractivity contribution in [3.8, 4) is 6.07 Å². The molecule has 3 nitrogen and oxygen atoms in total. The summed E-state index contributed by atoms with van der Waals surface area (Å²) >= 11 is 0. The Bertz CT molecular complexity index is 210. The second-order valence-corrected chi connectivity index (χ2v) is 1.42. The van der Waals surface area contributed by atoms with Gasteiger partial charge in [-0.1, -0.05) is 12.7 Å². The Labute approximate surface area is 59.2 Å². The van der Waals surface area contributed by atoms with Gasteiger partial charge in [0.25, 0.3) is 0 Å². The molecule has 10 heavy (non-hydrogen) atoms. The maximum Gasteiger partial charge on any atom is 0.348 e. The minimum absolute atomic E-state index is 0.0440. The molecule has 0 aliphatic carbocycles. The lowest BCUT2D eigenvalue weighted by molar-refractivity contribution is -0.135. The summed E-state index contributed by atoms with van der Waals surface area (Å²) in [5, 5.41) is 8.29. The standard InChI is InChI=1S/C7H7NO2/c1-3-4-6(5-8)7(9)10-2/h3-4H,1H2,2H3. The first-order valence-electron chi connectivity index (χ1n) is 2.57. The molecule has 0 saturated carbocycles. The number of carbonyl (C=O) groups is 1. The molecule has 0 aromatic heterocycles. The summed E-state index contributed by atoms with van der Waals surface area (Å²) < 4.78 is 4.28. The number of rotatable bonds is 2. The van der Waals surface area contributed by atoms with Crippen LogP contribution in [0.3, 0.4) is 0 Å². The normalized spacial score (nSPS) is 9.80. The zero-order valence-corrected chi connectivity index (χ0v) is 5.63. The van der Waals surface area contributed by atoms with Crippen molar-refractivity contribution in [1.82, 2.24) is 0 Å². The largest absolute Gasteiger partial charge is 0.465 e. The van der Waals surface area contributed by atoms with Crippen molar-refractivity contribution in [2.24, 2.45) is 0 Å². The van der Waals surface area contributed by atoms with E-state index in [-0.39, 0.29) is 5.57 Å². The first-order valence-corrected chi connectivity index (χ1v) is 2.57. The summed E-state index contributed by atoms with van der Waals surface area (Å²) in [6.45, 7) is 3.33. The van der Waals surface area contributed by atoms with E-state index >= 15 is 0 Å². The summed E-state index contributed by atoms with van der Waals surface area (Å²) in [5.41, 5.74) is -0.0440. The monoisotopic (exact) mass is 137 g/mol. The second-order valence-electron chi connectivity index (χ2n) is 1.42. The van der Waals surface area contributed by atoms with E-state index in [0.717, 1.165) is 0 Å². The Hall–Kier alpha value is -1.56. The molecule has 0 aliphatic heterocycles. The number of nitrogens with zero attached hydrogens (tertiary/aromatic N) is 1. The second kappa shape index (κ2) is 4.33. The first-order chi connectivity index (χ1) is 4.76. The number of nitriles is 1. The highest BCUT2D eigenvalue weighted by molar-refractivity contribution is 5.92. The van der Waals surface area contributed by atoms with Crippen LogP contribution in [0.25, 0.3) is 0 Å². The zero-order chi connectivity index (χ0) is 7.98. The minimum atomic E-state index is -0.637. The lowest BCUT2D eigenvalue weighted by Crippen LogP contribution is -2.01. The van der Waals surface area contributed by atoms with Crippen molar-refractivity contribution in [1.29, 1.82) is 5.26 Å². The zero-order valence-electron chi connectivity index (χ0n) is 5.63. The van der Waals surface area contributed by atoms with Gasteiger partial charge in [0, 0.05) is 0 Å². The molecule has 0 aromatic carbocycles. The third-order valence-corrected chi connectivity index (χ3v) is 0.810. The van der Waals surface area contributed by atoms with Crippen LogP contribution in [-0.4, -0.2) is 13.1 Å². The van der Waals surface area contributed by atoms with Crippen molar-refractivity contribution in [2.75, 3.05) is 7.11 Å². The van der Waals surface area contributed by atoms with E-state index in [1.807, 2.05) is 0 Å². The number of ether oxygens (including phenoxy) is 1. The van der Waals surface area contributed by atoms with Crippen molar-refractivity contribution < 1.29 is 9.53 Å². The Balaban J connectivity index is 4.39. The summed E-state index contributed by atoms with van der Waals surface area (Å²) in [6.07, 6.45) is 2.65. The van der Waals surface area contributed by atoms with Crippen LogP contribution in [0.5, 0.6) is 0 Å². The van der Waals surface area contributed by atoms with Crippen molar-refractivity contribution in [3.05, 3.63) is 24.3 Å². The minimum Gasteiger partial charge on any atom is -0.465 e. The van der Waals surface area contributed by atoms with Crippen LogP contribution in [0.2, 0.25) is 0 Å². The van der Waals surface area contributed by atoms with Gasteiger partial charge in [0.15, 0.2) is 0 Å². The first kappa shape index (κ1) is 8.44. The third kappa shape index (κ3) is 2.14. The molecule has 0 radical (unpaired) electrons. The molecule has 0 aliphatic rings. The fraction of sp³-hybridized carbons (Fsp3) is 0.143. The number of hydrogen-bond acceptors (Lipinski definition) is 3. The van der Waals surface area contributed by atoms with Gasteiger partial charge in [0.1, 0.15) is 11.6 Å². The van der Waals surface area contributed by atoms with Crippen LogP contribution in [0, 0.1) is 11.3 Å². The number of esters is 1. The van der Waals surface area contributed by atoms with Crippen LogP contribution < -0.4 is 0 Å². The van der Waals surface area contributed by atoms with Crippen LogP contribution >= 0.6 is 0 Å². The Morgan fingerprint density at radius 1 is 1.80 bits per heavy atom. The van der Waals surface area contributed by atoms with Gasteiger partial charge in [-0.2, -0.15) is 5.26 Å².